The van der Waals surface area contributed by atoms with Crippen molar-refractivity contribution >= 4 is 21.6 Å². The van der Waals surface area contributed by atoms with Crippen molar-refractivity contribution in [3.05, 3.63) is 65.2 Å². The number of nitrogens with one attached hydrogen (secondary N) is 1. The number of para-hydroxylation sites is 1. The van der Waals surface area contributed by atoms with Gasteiger partial charge in [0.1, 0.15) is 6.54 Å². The normalized spacial score (nSPS) is 11.2. The SMILES string of the molecule is CCc1ccccc1N(CC(=O)NCCCc1cccc(C)c1)S(C)(=O)=O. The molecule has 2 aromatic rings. The number of carbonyl (C=O) groups is 1. The maximum Gasteiger partial charge on any atom is 0.240 e. The van der Waals surface area contributed by atoms with Crippen LogP contribution in [0.15, 0.2) is 48.5 Å². The van der Waals surface area contributed by atoms with Crippen LogP contribution in [-0.4, -0.2) is 33.7 Å². The van der Waals surface area contributed by atoms with Gasteiger partial charge in [0.15, 0.2) is 0 Å². The molecule has 1 amide bonds. The van der Waals surface area contributed by atoms with Crippen LogP contribution in [0.5, 0.6) is 0 Å². The number of rotatable bonds is 9. The minimum atomic E-state index is -3.55. The van der Waals surface area contributed by atoms with Crippen LogP contribution in [0.3, 0.4) is 0 Å². The summed E-state index contributed by atoms with van der Waals surface area (Å²) in [5.41, 5.74) is 3.92. The lowest BCUT2D eigenvalue weighted by atomic mass is 10.1. The molecule has 1 N–H and O–H groups in total. The molecular weight excluding hydrogens is 360 g/mol. The van der Waals surface area contributed by atoms with E-state index in [0.29, 0.717) is 18.7 Å². The molecule has 0 saturated heterocycles. The first-order valence-electron chi connectivity index (χ1n) is 9.19. The third-order valence-corrected chi connectivity index (χ3v) is 5.50. The zero-order chi connectivity index (χ0) is 19.9. The van der Waals surface area contributed by atoms with E-state index >= 15 is 0 Å². The number of nitrogens with zero attached hydrogens (tertiary/aromatic N) is 1. The second kappa shape index (κ2) is 9.55. The van der Waals surface area contributed by atoms with Gasteiger partial charge in [-0.15, -0.1) is 0 Å². The van der Waals surface area contributed by atoms with Crippen LogP contribution in [0.4, 0.5) is 5.69 Å². The third-order valence-electron chi connectivity index (χ3n) is 4.38. The minimum Gasteiger partial charge on any atom is -0.355 e. The molecule has 0 aliphatic rings. The van der Waals surface area contributed by atoms with E-state index in [4.69, 9.17) is 0 Å². The monoisotopic (exact) mass is 388 g/mol. The van der Waals surface area contributed by atoms with Crippen molar-refractivity contribution in [1.82, 2.24) is 5.32 Å². The van der Waals surface area contributed by atoms with E-state index in [1.54, 1.807) is 12.1 Å². The topological polar surface area (TPSA) is 66.5 Å². The van der Waals surface area contributed by atoms with Gasteiger partial charge in [0.2, 0.25) is 15.9 Å². The zero-order valence-electron chi connectivity index (χ0n) is 16.2. The van der Waals surface area contributed by atoms with E-state index in [-0.39, 0.29) is 12.5 Å². The fourth-order valence-corrected chi connectivity index (χ4v) is 3.90. The first kappa shape index (κ1) is 21.0. The minimum absolute atomic E-state index is 0.208. The summed E-state index contributed by atoms with van der Waals surface area (Å²) in [6, 6.07) is 15.6. The Kier molecular flexibility index (Phi) is 7.42. The maximum atomic E-state index is 12.3. The molecule has 0 aromatic heterocycles. The number of benzene rings is 2. The summed E-state index contributed by atoms with van der Waals surface area (Å²) >= 11 is 0. The van der Waals surface area contributed by atoms with Gasteiger partial charge in [-0.05, 0) is 43.4 Å². The lowest BCUT2D eigenvalue weighted by Gasteiger charge is -2.24. The Morgan fingerprint density at radius 2 is 1.85 bits per heavy atom. The van der Waals surface area contributed by atoms with Crippen molar-refractivity contribution in [3.8, 4) is 0 Å². The number of aryl methyl sites for hydroxylation is 3. The first-order valence-corrected chi connectivity index (χ1v) is 11.0. The Hall–Kier alpha value is -2.34. The summed E-state index contributed by atoms with van der Waals surface area (Å²) in [6.07, 6.45) is 3.50. The number of hydrogen-bond donors (Lipinski definition) is 1. The quantitative estimate of drug-likeness (QED) is 0.672. The van der Waals surface area contributed by atoms with E-state index < -0.39 is 10.0 Å². The van der Waals surface area contributed by atoms with E-state index in [1.165, 1.54) is 15.4 Å². The predicted molar refractivity (Wildman–Crippen MR) is 111 cm³/mol. The molecule has 0 bridgehead atoms. The van der Waals surface area contributed by atoms with Crippen LogP contribution in [0.1, 0.15) is 30.0 Å². The molecule has 0 aliphatic carbocycles. The van der Waals surface area contributed by atoms with Crippen LogP contribution < -0.4 is 9.62 Å². The number of carbonyl (C=O) groups excluding carboxylic acids is 1. The molecule has 0 fully saturated rings. The van der Waals surface area contributed by atoms with Gasteiger partial charge in [0, 0.05) is 6.54 Å². The fourth-order valence-electron chi connectivity index (χ4n) is 3.01. The summed E-state index contributed by atoms with van der Waals surface area (Å²) in [5, 5.41) is 2.83. The van der Waals surface area contributed by atoms with E-state index in [2.05, 4.69) is 30.4 Å². The van der Waals surface area contributed by atoms with Crippen LogP contribution in [0.2, 0.25) is 0 Å². The molecular formula is C21H28N2O3S. The van der Waals surface area contributed by atoms with Crippen LogP contribution in [-0.2, 0) is 27.7 Å². The molecule has 6 heteroatoms. The van der Waals surface area contributed by atoms with Crippen molar-refractivity contribution in [2.75, 3.05) is 23.7 Å². The lowest BCUT2D eigenvalue weighted by molar-refractivity contribution is -0.119. The fraction of sp³-hybridized carbons (Fsp3) is 0.381. The summed E-state index contributed by atoms with van der Waals surface area (Å²) in [7, 11) is -3.55. The van der Waals surface area contributed by atoms with Crippen LogP contribution in [0, 0.1) is 6.92 Å². The molecule has 0 spiro atoms. The Labute approximate surface area is 162 Å². The van der Waals surface area contributed by atoms with Crippen molar-refractivity contribution in [1.29, 1.82) is 0 Å². The van der Waals surface area contributed by atoms with E-state index in [1.807, 2.05) is 25.1 Å². The molecule has 27 heavy (non-hydrogen) atoms. The standard InChI is InChI=1S/C21H28N2O3S/c1-4-19-12-5-6-13-20(19)23(27(3,25)26)16-21(24)22-14-8-11-18-10-7-9-17(2)15-18/h5-7,9-10,12-13,15H,4,8,11,14,16H2,1-3H3,(H,22,24). The smallest absolute Gasteiger partial charge is 0.240 e. The Balaban J connectivity index is 1.94. The third kappa shape index (κ3) is 6.40. The average Bonchev–Trinajstić information content (AvgIpc) is 2.62. The maximum absolute atomic E-state index is 12.3. The molecule has 5 nitrogen and oxygen atoms in total. The largest absolute Gasteiger partial charge is 0.355 e. The summed E-state index contributed by atoms with van der Waals surface area (Å²) in [5.74, 6) is -0.296. The number of sulfonamides is 1. The van der Waals surface area contributed by atoms with E-state index in [0.717, 1.165) is 24.7 Å². The van der Waals surface area contributed by atoms with Gasteiger partial charge < -0.3 is 5.32 Å². The molecule has 0 saturated carbocycles. The van der Waals surface area contributed by atoms with Gasteiger partial charge in [0.05, 0.1) is 11.9 Å². The van der Waals surface area contributed by atoms with Crippen LogP contribution >= 0.6 is 0 Å². The highest BCUT2D eigenvalue weighted by molar-refractivity contribution is 7.92. The molecule has 2 aromatic carbocycles. The molecule has 0 unspecified atom stereocenters. The Bertz CT molecular complexity index is 879. The second-order valence-electron chi connectivity index (χ2n) is 6.69. The second-order valence-corrected chi connectivity index (χ2v) is 8.60. The highest BCUT2D eigenvalue weighted by Crippen LogP contribution is 2.23. The molecule has 0 heterocycles. The number of hydrogen-bond acceptors (Lipinski definition) is 3. The Morgan fingerprint density at radius 1 is 1.11 bits per heavy atom. The molecule has 0 atom stereocenters. The molecule has 0 aliphatic heterocycles. The molecule has 146 valence electrons. The molecule has 2 rings (SSSR count). The van der Waals surface area contributed by atoms with Crippen molar-refractivity contribution in [3.63, 3.8) is 0 Å². The molecule has 0 radical (unpaired) electrons. The highest BCUT2D eigenvalue weighted by atomic mass is 32.2. The van der Waals surface area contributed by atoms with Gasteiger partial charge in [-0.3, -0.25) is 9.10 Å². The van der Waals surface area contributed by atoms with Gasteiger partial charge in [-0.25, -0.2) is 8.42 Å². The first-order chi connectivity index (χ1) is 12.8. The zero-order valence-corrected chi connectivity index (χ0v) is 17.1. The summed E-state index contributed by atoms with van der Waals surface area (Å²) < 4.78 is 25.6. The summed E-state index contributed by atoms with van der Waals surface area (Å²) in [6.45, 7) is 4.32. The highest BCUT2D eigenvalue weighted by Gasteiger charge is 2.22. The van der Waals surface area contributed by atoms with Crippen LogP contribution in [0.25, 0.3) is 0 Å². The van der Waals surface area contributed by atoms with Gasteiger partial charge in [-0.2, -0.15) is 0 Å². The van der Waals surface area contributed by atoms with E-state index in [9.17, 15) is 13.2 Å². The van der Waals surface area contributed by atoms with Gasteiger partial charge >= 0.3 is 0 Å². The average molecular weight is 389 g/mol. The summed E-state index contributed by atoms with van der Waals surface area (Å²) in [4.78, 5) is 12.3. The number of amides is 1. The van der Waals surface area contributed by atoms with Crippen molar-refractivity contribution < 1.29 is 13.2 Å². The number of anilines is 1. The predicted octanol–water partition coefficient (Wildman–Crippen LogP) is 3.07. The van der Waals surface area contributed by atoms with Gasteiger partial charge in [-0.1, -0.05) is 55.0 Å². The lowest BCUT2D eigenvalue weighted by Crippen LogP contribution is -2.41. The van der Waals surface area contributed by atoms with Gasteiger partial charge in [0.25, 0.3) is 0 Å². The Morgan fingerprint density at radius 3 is 2.52 bits per heavy atom. The van der Waals surface area contributed by atoms with Crippen molar-refractivity contribution in [2.24, 2.45) is 0 Å². The van der Waals surface area contributed by atoms with Crippen molar-refractivity contribution in [2.45, 2.75) is 33.1 Å².